The molecule has 1 heterocycles. The zero-order valence-electron chi connectivity index (χ0n) is 18.8. The second-order valence-electron chi connectivity index (χ2n) is 8.30. The van der Waals surface area contributed by atoms with E-state index >= 15 is 0 Å². The summed E-state index contributed by atoms with van der Waals surface area (Å²) in [5, 5.41) is 5.36. The molecule has 1 fully saturated rings. The van der Waals surface area contributed by atoms with E-state index in [0.717, 1.165) is 22.5 Å². The van der Waals surface area contributed by atoms with E-state index in [2.05, 4.69) is 10.6 Å². The summed E-state index contributed by atoms with van der Waals surface area (Å²) in [6.45, 7) is 1.28. The third kappa shape index (κ3) is 7.01. The van der Waals surface area contributed by atoms with Crippen LogP contribution in [0.4, 0.5) is 17.6 Å². The Morgan fingerprint density at radius 3 is 2.29 bits per heavy atom. The smallest absolute Gasteiger partial charge is 0.351 e. The molecule has 190 valence electrons. The van der Waals surface area contributed by atoms with Crippen LogP contribution < -0.4 is 10.6 Å². The summed E-state index contributed by atoms with van der Waals surface area (Å²) in [7, 11) is -4.14. The Bertz CT molecular complexity index is 1160. The summed E-state index contributed by atoms with van der Waals surface area (Å²) in [5.41, 5.74) is -0.409. The normalized spacial score (nSPS) is 16.5. The zero-order valence-corrected chi connectivity index (χ0v) is 19.6. The van der Waals surface area contributed by atoms with Gasteiger partial charge in [-0.25, -0.2) is 12.8 Å². The summed E-state index contributed by atoms with van der Waals surface area (Å²) >= 11 is 0. The minimum Gasteiger partial charge on any atom is -0.351 e. The van der Waals surface area contributed by atoms with Crippen LogP contribution in [0, 0.1) is 5.82 Å². The molecule has 0 aliphatic carbocycles. The first-order chi connectivity index (χ1) is 16.4. The molecular formula is C23H25F4N3O4S. The SMILES string of the molecule is CC(=O)NC(Cc1ccc(F)cc1)C(=O)NC1CCN(S(=O)(=O)c2cccc(C(F)(F)F)c2)CC1. The fraction of sp³-hybridized carbons (Fsp3) is 0.391. The van der Waals surface area contributed by atoms with Crippen molar-refractivity contribution in [2.75, 3.05) is 13.1 Å². The molecule has 2 aromatic carbocycles. The van der Waals surface area contributed by atoms with E-state index < -0.39 is 50.3 Å². The molecule has 1 atom stereocenters. The Balaban J connectivity index is 1.62. The van der Waals surface area contributed by atoms with E-state index in [-0.39, 0.29) is 38.4 Å². The number of amides is 2. The van der Waals surface area contributed by atoms with Gasteiger partial charge in [0.25, 0.3) is 0 Å². The number of nitrogens with one attached hydrogen (secondary N) is 2. The lowest BCUT2D eigenvalue weighted by molar-refractivity contribution is -0.137. The highest BCUT2D eigenvalue weighted by molar-refractivity contribution is 7.89. The number of carbonyl (C=O) groups excluding carboxylic acids is 2. The highest BCUT2D eigenvalue weighted by Crippen LogP contribution is 2.31. The van der Waals surface area contributed by atoms with Gasteiger partial charge in [-0.05, 0) is 48.7 Å². The lowest BCUT2D eigenvalue weighted by Crippen LogP contribution is -2.53. The number of halogens is 4. The molecule has 35 heavy (non-hydrogen) atoms. The molecule has 12 heteroatoms. The molecule has 2 N–H and O–H groups in total. The number of rotatable bonds is 7. The van der Waals surface area contributed by atoms with E-state index in [1.807, 2.05) is 0 Å². The second kappa shape index (κ2) is 10.7. The van der Waals surface area contributed by atoms with Gasteiger partial charge in [0, 0.05) is 32.5 Å². The molecule has 1 aliphatic rings. The van der Waals surface area contributed by atoms with E-state index in [0.29, 0.717) is 11.6 Å². The molecule has 0 spiro atoms. The predicted molar refractivity (Wildman–Crippen MR) is 119 cm³/mol. The van der Waals surface area contributed by atoms with Crippen LogP contribution in [0.3, 0.4) is 0 Å². The lowest BCUT2D eigenvalue weighted by Gasteiger charge is -2.32. The molecule has 0 radical (unpaired) electrons. The average Bonchev–Trinajstić information content (AvgIpc) is 2.79. The molecule has 2 aromatic rings. The number of sulfonamides is 1. The Labute approximate surface area is 200 Å². The highest BCUT2D eigenvalue weighted by Gasteiger charge is 2.34. The fourth-order valence-corrected chi connectivity index (χ4v) is 5.35. The molecule has 1 aliphatic heterocycles. The minimum atomic E-state index is -4.67. The summed E-state index contributed by atoms with van der Waals surface area (Å²) < 4.78 is 78.9. The Kier molecular flexibility index (Phi) is 8.16. The molecule has 1 saturated heterocycles. The van der Waals surface area contributed by atoms with Crippen molar-refractivity contribution in [3.05, 3.63) is 65.5 Å². The average molecular weight is 516 g/mol. The minimum absolute atomic E-state index is 0.00624. The van der Waals surface area contributed by atoms with Gasteiger partial charge in [0.15, 0.2) is 0 Å². The van der Waals surface area contributed by atoms with Crippen LogP contribution in [0.15, 0.2) is 53.4 Å². The van der Waals surface area contributed by atoms with Gasteiger partial charge in [0.05, 0.1) is 10.5 Å². The van der Waals surface area contributed by atoms with Gasteiger partial charge in [0.1, 0.15) is 11.9 Å². The third-order valence-corrected chi connectivity index (χ3v) is 7.54. The van der Waals surface area contributed by atoms with Crippen molar-refractivity contribution < 1.29 is 35.6 Å². The summed E-state index contributed by atoms with van der Waals surface area (Å²) in [6, 6.07) is 7.79. The van der Waals surface area contributed by atoms with Crippen molar-refractivity contribution in [1.29, 1.82) is 0 Å². The summed E-state index contributed by atoms with van der Waals surface area (Å²) in [5.74, 6) is -1.32. The molecule has 0 aromatic heterocycles. The van der Waals surface area contributed by atoms with Crippen LogP contribution in [0.2, 0.25) is 0 Å². The molecule has 7 nitrogen and oxygen atoms in total. The topological polar surface area (TPSA) is 95.6 Å². The van der Waals surface area contributed by atoms with Gasteiger partial charge in [-0.3, -0.25) is 9.59 Å². The van der Waals surface area contributed by atoms with Gasteiger partial charge in [-0.2, -0.15) is 17.5 Å². The quantitative estimate of drug-likeness (QED) is 0.555. The first-order valence-electron chi connectivity index (χ1n) is 10.9. The van der Waals surface area contributed by atoms with Crippen LogP contribution >= 0.6 is 0 Å². The van der Waals surface area contributed by atoms with E-state index in [9.17, 15) is 35.6 Å². The summed E-state index contributed by atoms with van der Waals surface area (Å²) in [4.78, 5) is 23.9. The first-order valence-corrected chi connectivity index (χ1v) is 12.3. The van der Waals surface area contributed by atoms with Crippen LogP contribution in [0.25, 0.3) is 0 Å². The van der Waals surface area contributed by atoms with Crippen LogP contribution in [0.5, 0.6) is 0 Å². The zero-order chi connectivity index (χ0) is 25.8. The third-order valence-electron chi connectivity index (χ3n) is 5.65. The number of carbonyl (C=O) groups is 2. The van der Waals surface area contributed by atoms with Gasteiger partial charge in [0.2, 0.25) is 21.8 Å². The number of hydrogen-bond acceptors (Lipinski definition) is 4. The molecular weight excluding hydrogens is 490 g/mol. The number of hydrogen-bond donors (Lipinski definition) is 2. The Morgan fingerprint density at radius 1 is 1.09 bits per heavy atom. The predicted octanol–water partition coefficient (Wildman–Crippen LogP) is 2.86. The molecule has 3 rings (SSSR count). The molecule has 2 amide bonds. The number of benzene rings is 2. The largest absolute Gasteiger partial charge is 0.416 e. The Morgan fingerprint density at radius 2 is 1.71 bits per heavy atom. The standard InChI is InChI=1S/C23H25F4N3O4S/c1-15(31)28-21(13-16-5-7-18(24)8-6-16)22(32)29-19-9-11-30(12-10-19)35(33,34)20-4-2-3-17(14-20)23(25,26)27/h2-8,14,19,21H,9-13H2,1H3,(H,28,31)(H,29,32). The van der Waals surface area contributed by atoms with Gasteiger partial charge in [-0.15, -0.1) is 0 Å². The van der Waals surface area contributed by atoms with Gasteiger partial charge < -0.3 is 10.6 Å². The van der Waals surface area contributed by atoms with Crippen LogP contribution in [-0.4, -0.2) is 49.7 Å². The van der Waals surface area contributed by atoms with Crippen molar-refractivity contribution >= 4 is 21.8 Å². The van der Waals surface area contributed by atoms with Crippen molar-refractivity contribution in [3.8, 4) is 0 Å². The number of piperidine rings is 1. The van der Waals surface area contributed by atoms with Crippen molar-refractivity contribution in [3.63, 3.8) is 0 Å². The van der Waals surface area contributed by atoms with Crippen molar-refractivity contribution in [2.24, 2.45) is 0 Å². The molecule has 0 saturated carbocycles. The monoisotopic (exact) mass is 515 g/mol. The maximum absolute atomic E-state index is 13.2. The maximum Gasteiger partial charge on any atom is 0.416 e. The number of nitrogens with zero attached hydrogens (tertiary/aromatic N) is 1. The lowest BCUT2D eigenvalue weighted by atomic mass is 10.0. The molecule has 1 unspecified atom stereocenters. The maximum atomic E-state index is 13.2. The van der Waals surface area contributed by atoms with Crippen molar-refractivity contribution in [1.82, 2.24) is 14.9 Å². The van der Waals surface area contributed by atoms with E-state index in [1.54, 1.807) is 0 Å². The fourth-order valence-electron chi connectivity index (χ4n) is 3.84. The van der Waals surface area contributed by atoms with Gasteiger partial charge >= 0.3 is 6.18 Å². The summed E-state index contributed by atoms with van der Waals surface area (Å²) in [6.07, 6.45) is -4.05. The van der Waals surface area contributed by atoms with E-state index in [1.165, 1.54) is 31.2 Å². The number of alkyl halides is 3. The van der Waals surface area contributed by atoms with Crippen LogP contribution in [-0.2, 0) is 32.2 Å². The first kappa shape index (κ1) is 26.6. The van der Waals surface area contributed by atoms with Gasteiger partial charge in [-0.1, -0.05) is 18.2 Å². The highest BCUT2D eigenvalue weighted by atomic mass is 32.2. The Hall–Kier alpha value is -2.99. The molecule has 0 bridgehead atoms. The van der Waals surface area contributed by atoms with E-state index in [4.69, 9.17) is 0 Å². The van der Waals surface area contributed by atoms with Crippen molar-refractivity contribution in [2.45, 2.75) is 49.3 Å². The second-order valence-corrected chi connectivity index (χ2v) is 10.2. The van der Waals surface area contributed by atoms with Crippen LogP contribution in [0.1, 0.15) is 30.9 Å².